The van der Waals surface area contributed by atoms with Crippen molar-refractivity contribution in [1.82, 2.24) is 0 Å². The first kappa shape index (κ1) is 17.5. The summed E-state index contributed by atoms with van der Waals surface area (Å²) < 4.78 is 21.9. The Hall–Kier alpha value is -0.573. The lowest BCUT2D eigenvalue weighted by Crippen LogP contribution is -2.57. The Morgan fingerprint density at radius 3 is 2.00 bits per heavy atom. The van der Waals surface area contributed by atoms with E-state index in [1.807, 2.05) is 53.7 Å². The van der Waals surface area contributed by atoms with Crippen LogP contribution in [0.25, 0.3) is 0 Å². The van der Waals surface area contributed by atoms with E-state index in [1.54, 1.807) is 0 Å². The molecule has 0 bridgehead atoms. The fourth-order valence-corrected chi connectivity index (χ4v) is 7.42. The lowest BCUT2D eigenvalue weighted by Gasteiger charge is -2.42. The van der Waals surface area contributed by atoms with Crippen molar-refractivity contribution in [2.75, 3.05) is 0 Å². The summed E-state index contributed by atoms with van der Waals surface area (Å²) in [5, 5.41) is -0.128. The normalized spacial score (nSPS) is 13.8. The molecule has 1 nitrogen and oxygen atoms in total. The second-order valence-corrected chi connectivity index (χ2v) is 12.7. The van der Waals surface area contributed by atoms with Crippen molar-refractivity contribution in [3.05, 3.63) is 17.9 Å². The fraction of sp³-hybridized carbons (Fsp3) is 0.765. The summed E-state index contributed by atoms with van der Waals surface area (Å²) in [6.07, 6.45) is 4.44. The van der Waals surface area contributed by atoms with Crippen molar-refractivity contribution in [3.8, 4) is 0 Å². The number of rotatable bonds is 5. The Balaban J connectivity index is 3.06. The highest BCUT2D eigenvalue weighted by atomic mass is 28.4. The predicted molar refractivity (Wildman–Crippen MR) is 87.9 cm³/mol. The largest absolute Gasteiger partial charge is 0.468 e. The van der Waals surface area contributed by atoms with Gasteiger partial charge in [0.15, 0.2) is 0 Å². The highest BCUT2D eigenvalue weighted by Crippen LogP contribution is 2.51. The first-order valence-corrected chi connectivity index (χ1v) is 9.70. The molecule has 0 aliphatic rings. The highest BCUT2D eigenvalue weighted by molar-refractivity contribution is 6.89. The number of hydrogen-bond acceptors (Lipinski definition) is 1. The number of unbranched alkanes of at least 4 members (excludes halogenated alkanes) is 2. The zero-order valence-corrected chi connectivity index (χ0v) is 15.3. The maximum atomic E-state index is 16.0. The molecule has 1 rings (SSSR count). The summed E-state index contributed by atoms with van der Waals surface area (Å²) in [5.41, 5.74) is 0. The SMILES string of the molecule is CCCCCc1ccc([Si](F)(C(C)(C)C)C(C)(C)C)o1. The van der Waals surface area contributed by atoms with Crippen molar-refractivity contribution in [1.29, 1.82) is 0 Å². The summed E-state index contributed by atoms with van der Waals surface area (Å²) in [4.78, 5) is 0. The van der Waals surface area contributed by atoms with Crippen LogP contribution in [0.2, 0.25) is 10.1 Å². The third-order valence-electron chi connectivity index (χ3n) is 4.09. The van der Waals surface area contributed by atoms with Crippen molar-refractivity contribution < 1.29 is 8.52 Å². The van der Waals surface area contributed by atoms with E-state index in [4.69, 9.17) is 4.42 Å². The van der Waals surface area contributed by atoms with Gasteiger partial charge in [-0.3, -0.25) is 0 Å². The molecule has 0 aliphatic carbocycles. The fourth-order valence-electron chi connectivity index (χ4n) is 3.11. The van der Waals surface area contributed by atoms with Crippen LogP contribution in [-0.2, 0) is 6.42 Å². The molecular weight excluding hydrogens is 267 g/mol. The van der Waals surface area contributed by atoms with E-state index in [1.165, 1.54) is 12.8 Å². The molecule has 1 aromatic heterocycles. The minimum absolute atomic E-state index is 0.371. The summed E-state index contributed by atoms with van der Waals surface area (Å²) in [7, 11) is -3.22. The van der Waals surface area contributed by atoms with Gasteiger partial charge in [-0.15, -0.1) is 0 Å². The zero-order chi connectivity index (χ0) is 15.6. The maximum absolute atomic E-state index is 16.0. The predicted octanol–water partition coefficient (Wildman–Crippen LogP) is 5.73. The smallest absolute Gasteiger partial charge is 0.326 e. The van der Waals surface area contributed by atoms with Crippen molar-refractivity contribution >= 4 is 13.8 Å². The molecule has 116 valence electrons. The van der Waals surface area contributed by atoms with E-state index in [0.29, 0.717) is 5.38 Å². The van der Waals surface area contributed by atoms with Crippen LogP contribution >= 0.6 is 0 Å². The molecule has 0 saturated carbocycles. The summed E-state index contributed by atoms with van der Waals surface area (Å²) >= 11 is 0. The van der Waals surface area contributed by atoms with Gasteiger partial charge in [0.1, 0.15) is 11.1 Å². The molecule has 0 fully saturated rings. The van der Waals surface area contributed by atoms with Crippen LogP contribution in [0.3, 0.4) is 0 Å². The molecule has 0 aromatic carbocycles. The van der Waals surface area contributed by atoms with Gasteiger partial charge in [-0.05, 0) is 28.6 Å². The summed E-state index contributed by atoms with van der Waals surface area (Å²) in [6.45, 7) is 14.2. The molecule has 3 heteroatoms. The van der Waals surface area contributed by atoms with Gasteiger partial charge in [-0.2, -0.15) is 0 Å². The van der Waals surface area contributed by atoms with Crippen molar-refractivity contribution in [3.63, 3.8) is 0 Å². The molecule has 0 spiro atoms. The Morgan fingerprint density at radius 2 is 1.55 bits per heavy atom. The average molecular weight is 299 g/mol. The van der Waals surface area contributed by atoms with Crippen molar-refractivity contribution in [2.24, 2.45) is 0 Å². The van der Waals surface area contributed by atoms with Crippen LogP contribution in [0.5, 0.6) is 0 Å². The second-order valence-electron chi connectivity index (χ2n) is 7.88. The molecule has 1 heterocycles. The lowest BCUT2D eigenvalue weighted by atomic mass is 10.2. The van der Waals surface area contributed by atoms with Crippen molar-refractivity contribution in [2.45, 2.75) is 84.2 Å². The van der Waals surface area contributed by atoms with Gasteiger partial charge >= 0.3 is 8.41 Å². The van der Waals surface area contributed by atoms with Gasteiger partial charge in [-0.1, -0.05) is 61.3 Å². The molecule has 1 aromatic rings. The van der Waals surface area contributed by atoms with E-state index in [2.05, 4.69) is 6.92 Å². The minimum Gasteiger partial charge on any atom is -0.468 e. The van der Waals surface area contributed by atoms with E-state index >= 15 is 4.11 Å². The Labute approximate surface area is 125 Å². The van der Waals surface area contributed by atoms with Gasteiger partial charge < -0.3 is 8.52 Å². The Morgan fingerprint density at radius 1 is 1.00 bits per heavy atom. The molecule has 0 radical (unpaired) electrons. The molecular formula is C17H31FOSi. The van der Waals surface area contributed by atoms with Crippen LogP contribution in [0.1, 0.15) is 73.5 Å². The van der Waals surface area contributed by atoms with Gasteiger partial charge in [0.25, 0.3) is 0 Å². The summed E-state index contributed by atoms with van der Waals surface area (Å²) in [5.74, 6) is 0.941. The molecule has 20 heavy (non-hydrogen) atoms. The summed E-state index contributed by atoms with van der Waals surface area (Å²) in [6, 6.07) is 3.87. The van der Waals surface area contributed by atoms with Crippen LogP contribution in [-0.4, -0.2) is 8.41 Å². The van der Waals surface area contributed by atoms with Crippen LogP contribution in [0.4, 0.5) is 4.11 Å². The van der Waals surface area contributed by atoms with Gasteiger partial charge in [-0.25, -0.2) is 0 Å². The average Bonchev–Trinajstić information content (AvgIpc) is 2.74. The van der Waals surface area contributed by atoms with E-state index in [9.17, 15) is 0 Å². The Kier molecular flexibility index (Phi) is 5.28. The maximum Gasteiger partial charge on any atom is 0.326 e. The monoisotopic (exact) mass is 298 g/mol. The quantitative estimate of drug-likeness (QED) is 0.384. The van der Waals surface area contributed by atoms with Crippen LogP contribution in [0, 0.1) is 0 Å². The minimum atomic E-state index is -3.22. The molecule has 0 saturated heterocycles. The Bertz CT molecular complexity index is 409. The van der Waals surface area contributed by atoms with Gasteiger partial charge in [0, 0.05) is 6.42 Å². The zero-order valence-electron chi connectivity index (χ0n) is 14.3. The number of hydrogen-bond donors (Lipinski definition) is 0. The van der Waals surface area contributed by atoms with E-state index in [-0.39, 0.29) is 10.1 Å². The third kappa shape index (κ3) is 3.36. The highest BCUT2D eigenvalue weighted by Gasteiger charge is 2.59. The van der Waals surface area contributed by atoms with E-state index in [0.717, 1.165) is 18.6 Å². The van der Waals surface area contributed by atoms with Crippen LogP contribution < -0.4 is 5.38 Å². The van der Waals surface area contributed by atoms with Gasteiger partial charge in [0.05, 0.1) is 0 Å². The second kappa shape index (κ2) is 6.04. The van der Waals surface area contributed by atoms with Crippen LogP contribution in [0.15, 0.2) is 16.5 Å². The molecule has 0 atom stereocenters. The lowest BCUT2D eigenvalue weighted by molar-refractivity contribution is 0.476. The van der Waals surface area contributed by atoms with E-state index < -0.39 is 8.41 Å². The molecule has 0 amide bonds. The number of halogens is 1. The topological polar surface area (TPSA) is 13.1 Å². The standard InChI is InChI=1S/C17H31FOSi/c1-8-9-10-11-14-12-13-15(19-14)20(18,16(2,3)4)17(5,6)7/h12-13H,8-11H2,1-7H3. The molecule has 0 aliphatic heterocycles. The molecule has 0 unspecified atom stereocenters. The first-order chi connectivity index (χ1) is 9.04. The molecule has 0 N–H and O–H groups in total. The number of furan rings is 1. The first-order valence-electron chi connectivity index (χ1n) is 7.82. The third-order valence-corrected chi connectivity index (χ3v) is 9.18. The van der Waals surface area contributed by atoms with Gasteiger partial charge in [0.2, 0.25) is 0 Å². The number of aryl methyl sites for hydroxylation is 1.